The SMILES string of the molecule is [SiH3]CC[SiH2]N(c1ccccc1)C1CCCC1. The molecule has 0 aromatic heterocycles. The second-order valence-corrected chi connectivity index (χ2v) is 7.66. The van der Waals surface area contributed by atoms with E-state index in [-0.39, 0.29) is 9.68 Å². The minimum Gasteiger partial charge on any atom is -0.401 e. The molecule has 0 spiro atoms. The molecule has 0 saturated heterocycles. The zero-order valence-corrected chi connectivity index (χ0v) is 13.8. The number of hydrogen-bond acceptors (Lipinski definition) is 1. The third-order valence-corrected chi connectivity index (χ3v) is 8.11. The average molecular weight is 250 g/mol. The molecule has 1 fully saturated rings. The fraction of sp³-hybridized carbons (Fsp3) is 0.538. The number of anilines is 1. The molecule has 16 heavy (non-hydrogen) atoms. The van der Waals surface area contributed by atoms with Gasteiger partial charge in [-0.1, -0.05) is 37.1 Å². The molecule has 0 radical (unpaired) electrons. The Bertz CT molecular complexity index is 296. The Morgan fingerprint density at radius 2 is 1.88 bits per heavy atom. The molecule has 1 aromatic rings. The van der Waals surface area contributed by atoms with Crippen LogP contribution in [0.2, 0.25) is 12.1 Å². The van der Waals surface area contributed by atoms with E-state index >= 15 is 0 Å². The number of benzene rings is 1. The second kappa shape index (κ2) is 6.25. The topological polar surface area (TPSA) is 3.24 Å². The maximum Gasteiger partial charge on any atom is 0.124 e. The molecule has 2 rings (SSSR count). The molecule has 0 N–H and O–H groups in total. The van der Waals surface area contributed by atoms with Gasteiger partial charge in [-0.2, -0.15) is 0 Å². The lowest BCUT2D eigenvalue weighted by atomic mass is 10.2. The third kappa shape index (κ3) is 2.98. The highest BCUT2D eigenvalue weighted by Gasteiger charge is 2.21. The van der Waals surface area contributed by atoms with Gasteiger partial charge in [-0.25, -0.2) is 0 Å². The largest absolute Gasteiger partial charge is 0.401 e. The van der Waals surface area contributed by atoms with Crippen LogP contribution in [-0.2, 0) is 0 Å². The Morgan fingerprint density at radius 3 is 2.50 bits per heavy atom. The van der Waals surface area contributed by atoms with E-state index in [2.05, 4.69) is 34.9 Å². The number of hydrogen-bond donors (Lipinski definition) is 0. The van der Waals surface area contributed by atoms with Gasteiger partial charge in [0.15, 0.2) is 0 Å². The molecule has 88 valence electrons. The van der Waals surface area contributed by atoms with Crippen LogP contribution in [0.1, 0.15) is 25.7 Å². The molecule has 0 bridgehead atoms. The van der Waals surface area contributed by atoms with Crippen molar-refractivity contribution >= 4 is 25.6 Å². The normalized spacial score (nSPS) is 17.5. The molecule has 1 aliphatic rings. The second-order valence-electron chi connectivity index (χ2n) is 4.82. The van der Waals surface area contributed by atoms with E-state index in [1.807, 2.05) is 0 Å². The molecule has 3 heteroatoms. The van der Waals surface area contributed by atoms with Gasteiger partial charge in [0, 0.05) is 22.0 Å². The Morgan fingerprint density at radius 1 is 1.19 bits per heavy atom. The van der Waals surface area contributed by atoms with Crippen LogP contribution in [0, 0.1) is 0 Å². The van der Waals surface area contributed by atoms with Crippen LogP contribution in [0.4, 0.5) is 5.69 Å². The lowest BCUT2D eigenvalue weighted by Crippen LogP contribution is -2.36. The average Bonchev–Trinajstić information content (AvgIpc) is 2.85. The monoisotopic (exact) mass is 249 g/mol. The van der Waals surface area contributed by atoms with Crippen molar-refractivity contribution in [1.29, 1.82) is 0 Å². The van der Waals surface area contributed by atoms with Gasteiger partial charge in [0.2, 0.25) is 0 Å². The summed E-state index contributed by atoms with van der Waals surface area (Å²) in [5, 5.41) is 0. The van der Waals surface area contributed by atoms with E-state index < -0.39 is 0 Å². The summed E-state index contributed by atoms with van der Waals surface area (Å²) in [6.07, 6.45) is 5.76. The first kappa shape index (κ1) is 11.9. The molecule has 0 unspecified atom stereocenters. The highest BCUT2D eigenvalue weighted by Crippen LogP contribution is 2.27. The van der Waals surface area contributed by atoms with Crippen LogP contribution in [0.5, 0.6) is 0 Å². The van der Waals surface area contributed by atoms with Crippen LogP contribution in [0.25, 0.3) is 0 Å². The molecule has 1 nitrogen and oxygen atoms in total. The van der Waals surface area contributed by atoms with Crippen LogP contribution >= 0.6 is 0 Å². The first-order valence-corrected chi connectivity index (χ1v) is 9.78. The van der Waals surface area contributed by atoms with Gasteiger partial charge in [0.1, 0.15) is 9.68 Å². The van der Waals surface area contributed by atoms with Crippen molar-refractivity contribution in [2.75, 3.05) is 4.57 Å². The summed E-state index contributed by atoms with van der Waals surface area (Å²) < 4.78 is 2.80. The Labute approximate surface area is 105 Å². The summed E-state index contributed by atoms with van der Waals surface area (Å²) in [5.74, 6) is 0. The van der Waals surface area contributed by atoms with E-state index in [1.54, 1.807) is 0 Å². The van der Waals surface area contributed by atoms with Crippen molar-refractivity contribution in [3.8, 4) is 0 Å². The van der Waals surface area contributed by atoms with E-state index in [1.165, 1.54) is 53.7 Å². The van der Waals surface area contributed by atoms with Crippen molar-refractivity contribution in [2.24, 2.45) is 0 Å². The van der Waals surface area contributed by atoms with Crippen molar-refractivity contribution < 1.29 is 0 Å². The van der Waals surface area contributed by atoms with Gasteiger partial charge in [0.25, 0.3) is 0 Å². The molecule has 0 amide bonds. The van der Waals surface area contributed by atoms with Crippen molar-refractivity contribution in [1.82, 2.24) is 0 Å². The molecular weight excluding hydrogens is 226 g/mol. The summed E-state index contributed by atoms with van der Waals surface area (Å²) in [6, 6.07) is 15.0. The fourth-order valence-electron chi connectivity index (χ4n) is 2.69. The van der Waals surface area contributed by atoms with Gasteiger partial charge >= 0.3 is 0 Å². The van der Waals surface area contributed by atoms with E-state index in [4.69, 9.17) is 0 Å². The van der Waals surface area contributed by atoms with Crippen LogP contribution in [-0.4, -0.2) is 26.0 Å². The predicted octanol–water partition coefficient (Wildman–Crippen LogP) is 1.72. The zero-order chi connectivity index (χ0) is 11.2. The molecule has 1 saturated carbocycles. The van der Waals surface area contributed by atoms with Gasteiger partial charge < -0.3 is 4.57 Å². The van der Waals surface area contributed by atoms with E-state index in [9.17, 15) is 0 Å². The first-order chi connectivity index (χ1) is 7.92. The highest BCUT2D eigenvalue weighted by molar-refractivity contribution is 6.42. The fourth-order valence-corrected chi connectivity index (χ4v) is 5.49. The highest BCUT2D eigenvalue weighted by atomic mass is 28.2. The minimum absolute atomic E-state index is 0.0344. The third-order valence-electron chi connectivity index (χ3n) is 3.61. The van der Waals surface area contributed by atoms with Gasteiger partial charge in [0.05, 0.1) is 0 Å². The van der Waals surface area contributed by atoms with Gasteiger partial charge in [-0.15, -0.1) is 0 Å². The number of rotatable bonds is 5. The molecule has 0 atom stereocenters. The minimum atomic E-state index is -0.0344. The summed E-state index contributed by atoms with van der Waals surface area (Å²) in [7, 11) is 1.35. The number of nitrogens with zero attached hydrogens (tertiary/aromatic N) is 1. The van der Waals surface area contributed by atoms with Crippen molar-refractivity contribution in [3.05, 3.63) is 30.3 Å². The van der Waals surface area contributed by atoms with Crippen LogP contribution in [0.15, 0.2) is 30.3 Å². The zero-order valence-electron chi connectivity index (χ0n) is 10.4. The Hall–Kier alpha value is -0.546. The van der Waals surface area contributed by atoms with Gasteiger partial charge in [-0.3, -0.25) is 0 Å². The Balaban J connectivity index is 2.07. The lowest BCUT2D eigenvalue weighted by molar-refractivity contribution is 0.699. The molecule has 1 aliphatic carbocycles. The van der Waals surface area contributed by atoms with Crippen molar-refractivity contribution in [2.45, 2.75) is 43.8 Å². The smallest absolute Gasteiger partial charge is 0.124 e. The summed E-state index contributed by atoms with van der Waals surface area (Å²) >= 11 is 0. The molecule has 0 aliphatic heterocycles. The number of para-hydroxylation sites is 1. The standard InChI is InChI=1S/C13H23NSi2/c15-10-11-16-14(13-8-4-5-9-13)12-6-2-1-3-7-12/h1-3,6-7,13H,4-5,8-11,16H2,15H3. The van der Waals surface area contributed by atoms with Gasteiger partial charge in [-0.05, 0) is 31.0 Å². The predicted molar refractivity (Wildman–Crippen MR) is 79.3 cm³/mol. The van der Waals surface area contributed by atoms with Crippen LogP contribution < -0.4 is 4.57 Å². The van der Waals surface area contributed by atoms with E-state index in [0.717, 1.165) is 6.04 Å². The van der Waals surface area contributed by atoms with E-state index in [0.29, 0.717) is 0 Å². The Kier molecular flexibility index (Phi) is 4.66. The van der Waals surface area contributed by atoms with Crippen molar-refractivity contribution in [3.63, 3.8) is 0 Å². The summed E-state index contributed by atoms with van der Waals surface area (Å²) in [5.41, 5.74) is 1.50. The lowest BCUT2D eigenvalue weighted by Gasteiger charge is -2.31. The summed E-state index contributed by atoms with van der Waals surface area (Å²) in [4.78, 5) is 0. The maximum absolute atomic E-state index is 2.80. The molecule has 0 heterocycles. The van der Waals surface area contributed by atoms with Crippen LogP contribution in [0.3, 0.4) is 0 Å². The molecular formula is C13H23NSi2. The molecule has 1 aromatic carbocycles. The quantitative estimate of drug-likeness (QED) is 0.718. The first-order valence-electron chi connectivity index (χ1n) is 6.73. The summed E-state index contributed by atoms with van der Waals surface area (Å²) in [6.45, 7) is 0. The maximum atomic E-state index is 2.80.